The molecule has 21 heavy (non-hydrogen) atoms. The third-order valence-electron chi connectivity index (χ3n) is 3.86. The van der Waals surface area contributed by atoms with Gasteiger partial charge >= 0.3 is 0 Å². The number of nitrogens with one attached hydrogen (secondary N) is 2. The maximum Gasteiger partial charge on any atom is 0.260 e. The number of benzene rings is 1. The molecular weight excluding hydrogens is 264 g/mol. The molecular formula is C17H26N2O2. The molecule has 0 spiro atoms. The average molecular weight is 290 g/mol. The Morgan fingerprint density at radius 1 is 1.38 bits per heavy atom. The number of carbonyl (C=O) groups excluding carboxylic acids is 1. The minimum atomic E-state index is -0.458. The monoisotopic (exact) mass is 290 g/mol. The van der Waals surface area contributed by atoms with Crippen LogP contribution >= 0.6 is 0 Å². The first-order chi connectivity index (χ1) is 10.2. The van der Waals surface area contributed by atoms with E-state index in [4.69, 9.17) is 4.74 Å². The van der Waals surface area contributed by atoms with Crippen LogP contribution in [0.5, 0.6) is 5.75 Å². The van der Waals surface area contributed by atoms with Crippen molar-refractivity contribution in [2.45, 2.75) is 58.2 Å². The van der Waals surface area contributed by atoms with E-state index in [0.29, 0.717) is 6.04 Å². The van der Waals surface area contributed by atoms with Crippen molar-refractivity contribution in [2.24, 2.45) is 0 Å². The first-order valence-electron chi connectivity index (χ1n) is 7.95. The Morgan fingerprint density at radius 3 is 2.86 bits per heavy atom. The van der Waals surface area contributed by atoms with Crippen molar-refractivity contribution < 1.29 is 9.53 Å². The van der Waals surface area contributed by atoms with Gasteiger partial charge in [0, 0.05) is 12.6 Å². The Bertz CT molecular complexity index is 456. The summed E-state index contributed by atoms with van der Waals surface area (Å²) < 4.78 is 5.77. The first kappa shape index (κ1) is 15.8. The van der Waals surface area contributed by atoms with Gasteiger partial charge in [-0.2, -0.15) is 0 Å². The summed E-state index contributed by atoms with van der Waals surface area (Å²) in [6, 6.07) is 8.24. The van der Waals surface area contributed by atoms with Gasteiger partial charge in [0.1, 0.15) is 5.75 Å². The minimum Gasteiger partial charge on any atom is -0.481 e. The molecule has 2 N–H and O–H groups in total. The lowest BCUT2D eigenvalue weighted by molar-refractivity contribution is -0.127. The highest BCUT2D eigenvalue weighted by Crippen LogP contribution is 2.19. The molecule has 0 aliphatic heterocycles. The summed E-state index contributed by atoms with van der Waals surface area (Å²) in [7, 11) is 0. The molecule has 0 heterocycles. The van der Waals surface area contributed by atoms with Crippen LogP contribution in [0.15, 0.2) is 24.3 Å². The molecule has 0 aromatic heterocycles. The molecule has 4 heteroatoms. The summed E-state index contributed by atoms with van der Waals surface area (Å²) in [5, 5.41) is 6.35. The lowest BCUT2D eigenvalue weighted by atomic mass is 10.2. The van der Waals surface area contributed by atoms with Crippen LogP contribution < -0.4 is 15.4 Å². The molecule has 2 rings (SSSR count). The lowest BCUT2D eigenvalue weighted by Crippen LogP contribution is -2.41. The highest BCUT2D eigenvalue weighted by molar-refractivity contribution is 5.81. The Kier molecular flexibility index (Phi) is 6.05. The standard InChI is InChI=1S/C17H26N2O2/c1-3-18-12-14-7-6-10-16(11-14)21-13(2)17(20)19-15-8-4-5-9-15/h6-7,10-11,13,15,18H,3-5,8-9,12H2,1-2H3,(H,19,20). The van der Waals surface area contributed by atoms with Gasteiger partial charge in [0.2, 0.25) is 0 Å². The Labute approximate surface area is 127 Å². The van der Waals surface area contributed by atoms with E-state index in [1.165, 1.54) is 12.8 Å². The summed E-state index contributed by atoms with van der Waals surface area (Å²) in [6.07, 6.45) is 4.16. The second kappa shape index (κ2) is 8.03. The molecule has 1 atom stereocenters. The molecule has 0 radical (unpaired) electrons. The van der Waals surface area contributed by atoms with Gasteiger partial charge in [0.05, 0.1) is 0 Å². The van der Waals surface area contributed by atoms with E-state index in [-0.39, 0.29) is 5.91 Å². The minimum absolute atomic E-state index is 0.0148. The van der Waals surface area contributed by atoms with Gasteiger partial charge in [0.25, 0.3) is 5.91 Å². The van der Waals surface area contributed by atoms with Crippen LogP contribution in [0, 0.1) is 0 Å². The van der Waals surface area contributed by atoms with Gasteiger partial charge in [-0.25, -0.2) is 0 Å². The SMILES string of the molecule is CCNCc1cccc(OC(C)C(=O)NC2CCCC2)c1. The summed E-state index contributed by atoms with van der Waals surface area (Å²) in [5.74, 6) is 0.735. The lowest BCUT2D eigenvalue weighted by Gasteiger charge is -2.18. The molecule has 0 bridgehead atoms. The number of rotatable bonds is 7. The molecule has 1 aromatic rings. The molecule has 1 saturated carbocycles. The second-order valence-corrected chi connectivity index (χ2v) is 5.68. The topological polar surface area (TPSA) is 50.4 Å². The van der Waals surface area contributed by atoms with Gasteiger partial charge in [-0.15, -0.1) is 0 Å². The Hall–Kier alpha value is -1.55. The molecule has 1 fully saturated rings. The van der Waals surface area contributed by atoms with Gasteiger partial charge < -0.3 is 15.4 Å². The van der Waals surface area contributed by atoms with E-state index in [1.807, 2.05) is 18.2 Å². The zero-order chi connectivity index (χ0) is 15.1. The third kappa shape index (κ3) is 5.05. The summed E-state index contributed by atoms with van der Waals surface area (Å²) in [5.41, 5.74) is 1.16. The van der Waals surface area contributed by atoms with Gasteiger partial charge in [0.15, 0.2) is 6.10 Å². The highest BCUT2D eigenvalue weighted by Gasteiger charge is 2.21. The van der Waals surface area contributed by atoms with E-state index in [2.05, 4.69) is 23.6 Å². The third-order valence-corrected chi connectivity index (χ3v) is 3.86. The normalized spacial score (nSPS) is 16.7. The van der Waals surface area contributed by atoms with Crippen LogP contribution in [0.1, 0.15) is 45.1 Å². The molecule has 116 valence electrons. The second-order valence-electron chi connectivity index (χ2n) is 5.68. The molecule has 4 nitrogen and oxygen atoms in total. The summed E-state index contributed by atoms with van der Waals surface area (Å²) >= 11 is 0. The van der Waals surface area contributed by atoms with E-state index in [1.54, 1.807) is 6.92 Å². The number of hydrogen-bond donors (Lipinski definition) is 2. The maximum absolute atomic E-state index is 12.1. The van der Waals surface area contributed by atoms with Crippen LogP contribution in [0.25, 0.3) is 0 Å². The highest BCUT2D eigenvalue weighted by atomic mass is 16.5. The van der Waals surface area contributed by atoms with Crippen LogP contribution in [0.3, 0.4) is 0 Å². The first-order valence-corrected chi connectivity index (χ1v) is 7.95. The van der Waals surface area contributed by atoms with Gasteiger partial charge in [-0.05, 0) is 44.0 Å². The smallest absolute Gasteiger partial charge is 0.260 e. The Morgan fingerprint density at radius 2 is 2.14 bits per heavy atom. The fraction of sp³-hybridized carbons (Fsp3) is 0.588. The number of carbonyl (C=O) groups is 1. The van der Waals surface area contributed by atoms with E-state index in [9.17, 15) is 4.79 Å². The summed E-state index contributed by atoms with van der Waals surface area (Å²) in [4.78, 5) is 12.1. The number of amides is 1. The Balaban J connectivity index is 1.85. The van der Waals surface area contributed by atoms with Crippen molar-refractivity contribution in [3.05, 3.63) is 29.8 Å². The zero-order valence-electron chi connectivity index (χ0n) is 13.0. The van der Waals surface area contributed by atoms with Crippen molar-refractivity contribution in [3.8, 4) is 5.75 Å². The van der Waals surface area contributed by atoms with Crippen LogP contribution in [0.2, 0.25) is 0 Å². The van der Waals surface area contributed by atoms with Crippen LogP contribution in [-0.2, 0) is 11.3 Å². The van der Waals surface area contributed by atoms with Crippen molar-refractivity contribution in [1.29, 1.82) is 0 Å². The molecule has 1 unspecified atom stereocenters. The van der Waals surface area contributed by atoms with Crippen molar-refractivity contribution in [2.75, 3.05) is 6.54 Å². The van der Waals surface area contributed by atoms with Gasteiger partial charge in [-0.3, -0.25) is 4.79 Å². The summed E-state index contributed by atoms with van der Waals surface area (Å²) in [6.45, 7) is 5.64. The van der Waals surface area contributed by atoms with Crippen molar-refractivity contribution in [1.82, 2.24) is 10.6 Å². The molecule has 1 aromatic carbocycles. The average Bonchev–Trinajstić information content (AvgIpc) is 2.98. The van der Waals surface area contributed by atoms with Crippen LogP contribution in [0.4, 0.5) is 0 Å². The number of hydrogen-bond acceptors (Lipinski definition) is 3. The van der Waals surface area contributed by atoms with Crippen LogP contribution in [-0.4, -0.2) is 24.6 Å². The molecule has 1 aliphatic carbocycles. The quantitative estimate of drug-likeness (QED) is 0.811. The predicted octanol–water partition coefficient (Wildman–Crippen LogP) is 2.62. The molecule has 1 amide bonds. The molecule has 0 saturated heterocycles. The fourth-order valence-corrected chi connectivity index (χ4v) is 2.64. The van der Waals surface area contributed by atoms with Gasteiger partial charge in [-0.1, -0.05) is 31.9 Å². The van der Waals surface area contributed by atoms with E-state index >= 15 is 0 Å². The fourth-order valence-electron chi connectivity index (χ4n) is 2.64. The van der Waals surface area contributed by atoms with Crippen molar-refractivity contribution >= 4 is 5.91 Å². The van der Waals surface area contributed by atoms with E-state index in [0.717, 1.165) is 37.2 Å². The number of ether oxygens (including phenoxy) is 1. The predicted molar refractivity (Wildman–Crippen MR) is 84.3 cm³/mol. The maximum atomic E-state index is 12.1. The zero-order valence-corrected chi connectivity index (χ0v) is 13.0. The largest absolute Gasteiger partial charge is 0.481 e. The van der Waals surface area contributed by atoms with Crippen molar-refractivity contribution in [3.63, 3.8) is 0 Å². The molecule has 1 aliphatic rings. The van der Waals surface area contributed by atoms with E-state index < -0.39 is 6.10 Å².